The summed E-state index contributed by atoms with van der Waals surface area (Å²) in [5.74, 6) is 0. The van der Waals surface area contributed by atoms with Gasteiger partial charge in [0, 0.05) is 12.2 Å². The quantitative estimate of drug-likeness (QED) is 0.671. The lowest BCUT2D eigenvalue weighted by Gasteiger charge is -1.99. The van der Waals surface area contributed by atoms with Gasteiger partial charge in [0.1, 0.15) is 0 Å². The van der Waals surface area contributed by atoms with Crippen LogP contribution in [0.4, 0.5) is 0 Å². The third-order valence-electron chi connectivity index (χ3n) is 2.08. The summed E-state index contributed by atoms with van der Waals surface area (Å²) in [5, 5.41) is 4.51. The molecule has 0 aliphatic heterocycles. The van der Waals surface area contributed by atoms with Crippen molar-refractivity contribution < 1.29 is 0 Å². The van der Waals surface area contributed by atoms with Gasteiger partial charge >= 0.3 is 0 Å². The highest BCUT2D eigenvalue weighted by atomic mass is 15.3. The summed E-state index contributed by atoms with van der Waals surface area (Å²) >= 11 is 0. The summed E-state index contributed by atoms with van der Waals surface area (Å²) in [6.07, 6.45) is 3.38. The van der Waals surface area contributed by atoms with E-state index >= 15 is 0 Å². The molecular weight excluding hydrogens is 148 g/mol. The standard InChI is InChI=1S/C10H18N2/c1-4-7-9-8-10(5-2)12(6-3)11-9/h8H,4-7H2,1-3H3. The second-order valence-electron chi connectivity index (χ2n) is 3.05. The molecule has 1 aromatic rings. The van der Waals surface area contributed by atoms with Gasteiger partial charge in [0.2, 0.25) is 0 Å². The third-order valence-corrected chi connectivity index (χ3v) is 2.08. The minimum absolute atomic E-state index is 0.993. The Bertz CT molecular complexity index is 216. The van der Waals surface area contributed by atoms with Crippen molar-refractivity contribution >= 4 is 0 Å². The van der Waals surface area contributed by atoms with Crippen LogP contribution in [0.3, 0.4) is 0 Å². The largest absolute Gasteiger partial charge is 0.270 e. The number of hydrogen-bond donors (Lipinski definition) is 0. The zero-order valence-corrected chi connectivity index (χ0v) is 8.30. The second-order valence-corrected chi connectivity index (χ2v) is 3.05. The molecule has 0 N–H and O–H groups in total. The minimum atomic E-state index is 0.993. The van der Waals surface area contributed by atoms with Gasteiger partial charge < -0.3 is 0 Å². The number of rotatable bonds is 4. The molecule has 0 saturated heterocycles. The molecule has 0 spiro atoms. The van der Waals surface area contributed by atoms with Gasteiger partial charge in [-0.1, -0.05) is 20.3 Å². The lowest BCUT2D eigenvalue weighted by atomic mass is 10.2. The molecule has 0 atom stereocenters. The van der Waals surface area contributed by atoms with Crippen LogP contribution < -0.4 is 0 Å². The number of aryl methyl sites for hydroxylation is 3. The Hall–Kier alpha value is -0.790. The van der Waals surface area contributed by atoms with E-state index in [1.165, 1.54) is 17.8 Å². The molecule has 2 heteroatoms. The first-order valence-electron chi connectivity index (χ1n) is 4.87. The molecule has 1 aromatic heterocycles. The third kappa shape index (κ3) is 1.87. The van der Waals surface area contributed by atoms with Crippen molar-refractivity contribution in [2.45, 2.75) is 46.6 Å². The topological polar surface area (TPSA) is 17.8 Å². The van der Waals surface area contributed by atoms with Gasteiger partial charge in [0.25, 0.3) is 0 Å². The van der Waals surface area contributed by atoms with E-state index in [0.717, 1.165) is 19.4 Å². The Morgan fingerprint density at radius 3 is 2.50 bits per heavy atom. The van der Waals surface area contributed by atoms with Crippen molar-refractivity contribution in [1.29, 1.82) is 0 Å². The van der Waals surface area contributed by atoms with Gasteiger partial charge in [-0.25, -0.2) is 0 Å². The molecule has 0 fully saturated rings. The highest BCUT2D eigenvalue weighted by Crippen LogP contribution is 2.07. The van der Waals surface area contributed by atoms with Crippen LogP contribution in [0.15, 0.2) is 6.07 Å². The first kappa shape index (κ1) is 9.30. The van der Waals surface area contributed by atoms with Crippen molar-refractivity contribution in [2.75, 3.05) is 0 Å². The predicted octanol–water partition coefficient (Wildman–Crippen LogP) is 2.42. The monoisotopic (exact) mass is 166 g/mol. The summed E-state index contributed by atoms with van der Waals surface area (Å²) in [4.78, 5) is 0. The predicted molar refractivity (Wildman–Crippen MR) is 51.3 cm³/mol. The lowest BCUT2D eigenvalue weighted by Crippen LogP contribution is -2.01. The summed E-state index contributed by atoms with van der Waals surface area (Å²) in [6, 6.07) is 2.23. The van der Waals surface area contributed by atoms with E-state index in [1.807, 2.05) is 0 Å². The molecule has 12 heavy (non-hydrogen) atoms. The van der Waals surface area contributed by atoms with E-state index in [9.17, 15) is 0 Å². The zero-order valence-electron chi connectivity index (χ0n) is 8.30. The summed E-state index contributed by atoms with van der Waals surface area (Å²) in [5.41, 5.74) is 2.61. The van der Waals surface area contributed by atoms with Crippen molar-refractivity contribution in [3.05, 3.63) is 17.5 Å². The number of nitrogens with zero attached hydrogens (tertiary/aromatic N) is 2. The van der Waals surface area contributed by atoms with E-state index in [2.05, 4.69) is 36.6 Å². The highest BCUT2D eigenvalue weighted by molar-refractivity contribution is 5.10. The van der Waals surface area contributed by atoms with Gasteiger partial charge in [-0.05, 0) is 25.8 Å². The first-order chi connectivity index (χ1) is 5.81. The van der Waals surface area contributed by atoms with E-state index in [1.54, 1.807) is 0 Å². The molecule has 0 aromatic carbocycles. The summed E-state index contributed by atoms with van der Waals surface area (Å²) < 4.78 is 2.10. The van der Waals surface area contributed by atoms with Crippen LogP contribution in [-0.4, -0.2) is 9.78 Å². The number of aromatic nitrogens is 2. The van der Waals surface area contributed by atoms with Crippen molar-refractivity contribution in [3.63, 3.8) is 0 Å². The molecular formula is C10H18N2. The maximum atomic E-state index is 4.51. The van der Waals surface area contributed by atoms with Gasteiger partial charge in [0.05, 0.1) is 5.69 Å². The maximum absolute atomic E-state index is 4.51. The lowest BCUT2D eigenvalue weighted by molar-refractivity contribution is 0.615. The highest BCUT2D eigenvalue weighted by Gasteiger charge is 2.02. The normalized spacial score (nSPS) is 10.6. The van der Waals surface area contributed by atoms with Crippen LogP contribution in [0, 0.1) is 0 Å². The van der Waals surface area contributed by atoms with Crippen LogP contribution in [0.25, 0.3) is 0 Å². The molecule has 2 nitrogen and oxygen atoms in total. The average molecular weight is 166 g/mol. The molecule has 1 rings (SSSR count). The van der Waals surface area contributed by atoms with Crippen molar-refractivity contribution in [3.8, 4) is 0 Å². The molecule has 0 bridgehead atoms. The zero-order chi connectivity index (χ0) is 8.97. The summed E-state index contributed by atoms with van der Waals surface area (Å²) in [7, 11) is 0. The van der Waals surface area contributed by atoms with Crippen LogP contribution in [0.2, 0.25) is 0 Å². The Labute approximate surface area is 74.6 Å². The van der Waals surface area contributed by atoms with Crippen LogP contribution in [0.5, 0.6) is 0 Å². The fourth-order valence-electron chi connectivity index (χ4n) is 1.45. The number of hydrogen-bond acceptors (Lipinski definition) is 1. The van der Waals surface area contributed by atoms with Gasteiger partial charge in [0.15, 0.2) is 0 Å². The van der Waals surface area contributed by atoms with E-state index < -0.39 is 0 Å². The molecule has 1 heterocycles. The summed E-state index contributed by atoms with van der Waals surface area (Å²) in [6.45, 7) is 7.50. The van der Waals surface area contributed by atoms with E-state index in [4.69, 9.17) is 0 Å². The Morgan fingerprint density at radius 1 is 1.33 bits per heavy atom. The smallest absolute Gasteiger partial charge is 0.0627 e. The van der Waals surface area contributed by atoms with Crippen molar-refractivity contribution in [2.24, 2.45) is 0 Å². The molecule has 0 amide bonds. The van der Waals surface area contributed by atoms with Gasteiger partial charge in [-0.3, -0.25) is 4.68 Å². The van der Waals surface area contributed by atoms with Crippen LogP contribution >= 0.6 is 0 Å². The molecule has 0 unspecified atom stereocenters. The fourth-order valence-corrected chi connectivity index (χ4v) is 1.45. The molecule has 68 valence electrons. The molecule has 0 saturated carbocycles. The van der Waals surface area contributed by atoms with Gasteiger partial charge in [-0.2, -0.15) is 5.10 Å². The molecule has 0 aliphatic rings. The molecule has 0 radical (unpaired) electrons. The minimum Gasteiger partial charge on any atom is -0.270 e. The van der Waals surface area contributed by atoms with Gasteiger partial charge in [-0.15, -0.1) is 0 Å². The maximum Gasteiger partial charge on any atom is 0.0627 e. The fraction of sp³-hybridized carbons (Fsp3) is 0.700. The second kappa shape index (κ2) is 4.29. The Kier molecular flexibility index (Phi) is 3.32. The average Bonchev–Trinajstić information content (AvgIpc) is 2.48. The van der Waals surface area contributed by atoms with Crippen LogP contribution in [-0.2, 0) is 19.4 Å². The SMILES string of the molecule is CCCc1cc(CC)n(CC)n1. The molecule has 0 aliphatic carbocycles. The Balaban J connectivity index is 2.81. The van der Waals surface area contributed by atoms with Crippen LogP contribution in [0.1, 0.15) is 38.6 Å². The van der Waals surface area contributed by atoms with E-state index in [0.29, 0.717) is 0 Å². The van der Waals surface area contributed by atoms with Crippen molar-refractivity contribution in [1.82, 2.24) is 9.78 Å². The Morgan fingerprint density at radius 2 is 2.08 bits per heavy atom. The first-order valence-corrected chi connectivity index (χ1v) is 4.87. The van der Waals surface area contributed by atoms with E-state index in [-0.39, 0.29) is 0 Å².